The lowest BCUT2D eigenvalue weighted by molar-refractivity contribution is -0.245. The third-order valence-corrected chi connectivity index (χ3v) is 16.5. The van der Waals surface area contributed by atoms with Gasteiger partial charge in [0.05, 0.1) is 12.8 Å². The van der Waals surface area contributed by atoms with Crippen molar-refractivity contribution >= 4 is 11.9 Å². The van der Waals surface area contributed by atoms with E-state index in [0.29, 0.717) is 28.6 Å². The molecular weight excluding hydrogens is 618 g/mol. The number of carbonyl (C=O) groups is 2. The number of aliphatic carboxylic acids is 1. The van der Waals surface area contributed by atoms with Gasteiger partial charge in [0.1, 0.15) is 6.10 Å². The van der Waals surface area contributed by atoms with Crippen molar-refractivity contribution < 1.29 is 19.4 Å². The number of hydrogen-bond acceptors (Lipinski definition) is 4. The Morgan fingerprint density at radius 3 is 2.30 bits per heavy atom. The predicted molar refractivity (Wildman–Crippen MR) is 202 cm³/mol. The Bertz CT molecular complexity index is 1420. The molecule has 1 aromatic rings. The van der Waals surface area contributed by atoms with Gasteiger partial charge in [0.2, 0.25) is 0 Å². The van der Waals surface area contributed by atoms with E-state index in [1.165, 1.54) is 62.5 Å². The van der Waals surface area contributed by atoms with E-state index >= 15 is 0 Å². The first-order valence-corrected chi connectivity index (χ1v) is 20.2. The van der Waals surface area contributed by atoms with Gasteiger partial charge in [-0.2, -0.15) is 0 Å². The van der Waals surface area contributed by atoms with Crippen LogP contribution in [0.2, 0.25) is 0 Å². The number of hydrogen-bond donors (Lipinski definition) is 2. The Hall–Kier alpha value is -2.14. The Morgan fingerprint density at radius 1 is 0.920 bits per heavy atom. The fraction of sp³-hybridized carbons (Fsp3) is 0.778. The summed E-state index contributed by atoms with van der Waals surface area (Å²) in [6.45, 7) is 25.5. The lowest BCUT2D eigenvalue weighted by Gasteiger charge is -2.72. The number of carboxylic acids is 1. The molecule has 0 amide bonds. The normalized spacial score (nSPS) is 40.5. The van der Waals surface area contributed by atoms with Crippen LogP contribution in [0.4, 0.5) is 0 Å². The first-order valence-electron chi connectivity index (χ1n) is 20.2. The summed E-state index contributed by atoms with van der Waals surface area (Å²) in [7, 11) is 0. The van der Waals surface area contributed by atoms with Crippen molar-refractivity contribution in [3.63, 3.8) is 0 Å². The standard InChI is InChI=1S/C45H69NO4/c1-29(2)33-25-31(20-24-46-28-30-13-11-10-12-14-30)32-17-22-44(8)34(40(32)33)15-16-36-43(7)21-19-37(42(5,6)35(43)18-23-45(36,44)9)50-39(49)27-41(3,4)26-38(47)48/h10-14,31-37,40,46H,1,15-28H2,2-9H3,(H,47,48)/t31-,32?,33+,34-,35+,36-,37+,40-,43+,44-,45-/m1/s1. The minimum Gasteiger partial charge on any atom is -0.481 e. The fourth-order valence-electron chi connectivity index (χ4n) is 14.0. The van der Waals surface area contributed by atoms with E-state index in [2.05, 4.69) is 83.8 Å². The number of ether oxygens (including phenoxy) is 1. The van der Waals surface area contributed by atoms with E-state index in [-0.39, 0.29) is 35.7 Å². The molecule has 1 unspecified atom stereocenters. The quantitative estimate of drug-likeness (QED) is 0.138. The van der Waals surface area contributed by atoms with Crippen LogP contribution in [-0.4, -0.2) is 29.7 Å². The van der Waals surface area contributed by atoms with Crippen LogP contribution in [-0.2, 0) is 20.9 Å². The Labute approximate surface area is 304 Å². The summed E-state index contributed by atoms with van der Waals surface area (Å²) in [5.74, 6) is 3.89. The maximum absolute atomic E-state index is 13.2. The number of carboxylic acid groups (broad SMARTS) is 1. The number of carbonyl (C=O) groups excluding carboxylic acids is 1. The van der Waals surface area contributed by atoms with E-state index in [4.69, 9.17) is 4.74 Å². The number of esters is 1. The zero-order valence-corrected chi connectivity index (χ0v) is 32.8. The molecule has 5 heteroatoms. The molecule has 5 saturated carbocycles. The summed E-state index contributed by atoms with van der Waals surface area (Å²) in [5, 5.41) is 13.1. The van der Waals surface area contributed by atoms with Crippen LogP contribution >= 0.6 is 0 Å². The zero-order chi connectivity index (χ0) is 36.3. The van der Waals surface area contributed by atoms with Crippen LogP contribution in [0.15, 0.2) is 42.5 Å². The lowest BCUT2D eigenvalue weighted by Crippen LogP contribution is -2.66. The highest BCUT2D eigenvalue weighted by Gasteiger charge is 2.69. The SMILES string of the molecule is C=C(C)[C@@H]1C[C@@H](CCNCc2ccccc2)C2CC[C@]3(C)[C@H](CC[C@@H]4[C@@]5(C)CC[C@H](OC(=O)CC(C)(C)CC(=O)O)C(C)(C)[C@@H]5CC[C@]43C)[C@H]21. The highest BCUT2D eigenvalue weighted by atomic mass is 16.5. The van der Waals surface area contributed by atoms with Gasteiger partial charge in [-0.15, -0.1) is 0 Å². The van der Waals surface area contributed by atoms with Crippen molar-refractivity contribution in [1.82, 2.24) is 5.32 Å². The van der Waals surface area contributed by atoms with Crippen LogP contribution in [0.25, 0.3) is 0 Å². The second-order valence-corrected chi connectivity index (χ2v) is 20.1. The number of rotatable bonds is 11. The first kappa shape index (κ1) is 37.6. The van der Waals surface area contributed by atoms with E-state index < -0.39 is 11.4 Å². The summed E-state index contributed by atoms with van der Waals surface area (Å²) >= 11 is 0. The molecule has 5 aliphatic carbocycles. The van der Waals surface area contributed by atoms with Gasteiger partial charge in [-0.05, 0) is 146 Å². The zero-order valence-electron chi connectivity index (χ0n) is 32.8. The fourth-order valence-corrected chi connectivity index (χ4v) is 14.0. The molecule has 1 aromatic carbocycles. The van der Waals surface area contributed by atoms with Crippen molar-refractivity contribution in [1.29, 1.82) is 0 Å². The maximum atomic E-state index is 13.2. The predicted octanol–water partition coefficient (Wildman–Crippen LogP) is 10.5. The van der Waals surface area contributed by atoms with E-state index in [1.807, 2.05) is 13.8 Å². The topological polar surface area (TPSA) is 75.6 Å². The maximum Gasteiger partial charge on any atom is 0.306 e. The van der Waals surface area contributed by atoms with Crippen LogP contribution in [0.1, 0.15) is 138 Å². The molecule has 2 N–H and O–H groups in total. The van der Waals surface area contributed by atoms with Crippen LogP contribution in [0.3, 0.4) is 0 Å². The second-order valence-electron chi connectivity index (χ2n) is 20.1. The average Bonchev–Trinajstić information content (AvgIpc) is 3.39. The molecule has 6 rings (SSSR count). The third kappa shape index (κ3) is 6.53. The third-order valence-electron chi connectivity index (χ3n) is 16.5. The minimum atomic E-state index is -0.867. The molecule has 0 spiro atoms. The van der Waals surface area contributed by atoms with Gasteiger partial charge in [-0.1, -0.05) is 91.0 Å². The van der Waals surface area contributed by atoms with Crippen molar-refractivity contribution in [2.75, 3.05) is 6.54 Å². The molecule has 0 aromatic heterocycles. The summed E-state index contributed by atoms with van der Waals surface area (Å²) in [5.41, 5.74) is 2.93. The Morgan fingerprint density at radius 2 is 1.62 bits per heavy atom. The molecule has 11 atom stereocenters. The van der Waals surface area contributed by atoms with Gasteiger partial charge in [0, 0.05) is 12.0 Å². The first-order chi connectivity index (χ1) is 23.4. The number of nitrogens with one attached hydrogen (secondary N) is 1. The molecule has 0 aliphatic heterocycles. The smallest absolute Gasteiger partial charge is 0.306 e. The van der Waals surface area contributed by atoms with Crippen molar-refractivity contribution in [3.8, 4) is 0 Å². The van der Waals surface area contributed by atoms with Crippen LogP contribution in [0, 0.1) is 68.5 Å². The summed E-state index contributed by atoms with van der Waals surface area (Å²) in [4.78, 5) is 24.6. The van der Waals surface area contributed by atoms with Gasteiger partial charge < -0.3 is 15.2 Å². The van der Waals surface area contributed by atoms with E-state index in [1.54, 1.807) is 0 Å². The molecule has 50 heavy (non-hydrogen) atoms. The van der Waals surface area contributed by atoms with Crippen molar-refractivity contribution in [2.45, 2.75) is 145 Å². The number of fused-ring (bicyclic) bond motifs is 7. The monoisotopic (exact) mass is 688 g/mol. The highest BCUT2D eigenvalue weighted by molar-refractivity contribution is 5.73. The van der Waals surface area contributed by atoms with E-state index in [9.17, 15) is 14.7 Å². The molecule has 5 fully saturated rings. The largest absolute Gasteiger partial charge is 0.481 e. The van der Waals surface area contributed by atoms with Crippen molar-refractivity contribution in [3.05, 3.63) is 48.0 Å². The van der Waals surface area contributed by atoms with Gasteiger partial charge >= 0.3 is 11.9 Å². The summed E-state index contributed by atoms with van der Waals surface area (Å²) in [6.07, 6.45) is 12.5. The highest BCUT2D eigenvalue weighted by Crippen LogP contribution is 2.76. The number of allylic oxidation sites excluding steroid dienone is 1. The van der Waals surface area contributed by atoms with Gasteiger partial charge in [0.15, 0.2) is 0 Å². The lowest BCUT2D eigenvalue weighted by atomic mass is 9.33. The van der Waals surface area contributed by atoms with E-state index in [0.717, 1.165) is 49.6 Å². The van der Waals surface area contributed by atoms with Crippen LogP contribution < -0.4 is 5.32 Å². The molecule has 5 nitrogen and oxygen atoms in total. The number of benzene rings is 1. The molecule has 278 valence electrons. The molecular formula is C45H69NO4. The summed E-state index contributed by atoms with van der Waals surface area (Å²) in [6, 6.07) is 10.8. The molecule has 0 saturated heterocycles. The Kier molecular flexibility index (Phi) is 10.3. The average molecular weight is 688 g/mol. The van der Waals surface area contributed by atoms with Gasteiger partial charge in [-0.3, -0.25) is 9.59 Å². The molecule has 5 aliphatic rings. The van der Waals surface area contributed by atoms with Crippen LogP contribution in [0.5, 0.6) is 0 Å². The molecule has 0 radical (unpaired) electrons. The summed E-state index contributed by atoms with van der Waals surface area (Å²) < 4.78 is 6.29. The second kappa shape index (κ2) is 13.7. The Balaban J connectivity index is 1.16. The molecule has 0 heterocycles. The molecule has 0 bridgehead atoms. The van der Waals surface area contributed by atoms with Gasteiger partial charge in [-0.25, -0.2) is 0 Å². The minimum absolute atomic E-state index is 0.0295. The van der Waals surface area contributed by atoms with Gasteiger partial charge in [0.25, 0.3) is 0 Å². The van der Waals surface area contributed by atoms with Crippen molar-refractivity contribution in [2.24, 2.45) is 68.5 Å².